The molecule has 0 spiro atoms. The largest absolute Gasteiger partial charge is 0.337 e. The molecule has 1 saturated heterocycles. The molecule has 118 valence electrons. The van der Waals surface area contributed by atoms with Crippen molar-refractivity contribution in [2.45, 2.75) is 6.54 Å². The molecule has 2 aromatic rings. The van der Waals surface area contributed by atoms with E-state index in [2.05, 4.69) is 5.32 Å². The first-order valence-electron chi connectivity index (χ1n) is 7.60. The zero-order chi connectivity index (χ0) is 16.2. The van der Waals surface area contributed by atoms with Crippen LogP contribution < -0.4 is 10.2 Å². The molecule has 3 rings (SSSR count). The SMILES string of the molecule is CN(Cc1ccccc1)C(=O)c1ccc(N2CCNC2=O)cc1. The fraction of sp³-hybridized carbons (Fsp3) is 0.222. The Hall–Kier alpha value is -2.82. The molecule has 3 amide bonds. The highest BCUT2D eigenvalue weighted by Crippen LogP contribution is 2.18. The molecule has 23 heavy (non-hydrogen) atoms. The minimum atomic E-state index is -0.0923. The first-order chi connectivity index (χ1) is 11.1. The summed E-state index contributed by atoms with van der Waals surface area (Å²) in [6, 6.07) is 17.0. The highest BCUT2D eigenvalue weighted by atomic mass is 16.2. The molecule has 0 bridgehead atoms. The third-order valence-corrected chi connectivity index (χ3v) is 3.89. The second-order valence-corrected chi connectivity index (χ2v) is 5.58. The Morgan fingerprint density at radius 2 is 1.83 bits per heavy atom. The molecule has 0 aromatic heterocycles. The lowest BCUT2D eigenvalue weighted by Crippen LogP contribution is -2.28. The van der Waals surface area contributed by atoms with Crippen LogP contribution in [0.5, 0.6) is 0 Å². The lowest BCUT2D eigenvalue weighted by molar-refractivity contribution is 0.0785. The molecule has 0 aliphatic carbocycles. The molecule has 5 heteroatoms. The van der Waals surface area contributed by atoms with Gasteiger partial charge in [-0.1, -0.05) is 30.3 Å². The number of nitrogens with zero attached hydrogens (tertiary/aromatic N) is 2. The van der Waals surface area contributed by atoms with E-state index in [1.165, 1.54) is 0 Å². The van der Waals surface area contributed by atoms with Gasteiger partial charge in [0.25, 0.3) is 5.91 Å². The fourth-order valence-corrected chi connectivity index (χ4v) is 2.65. The first kappa shape index (κ1) is 15.1. The quantitative estimate of drug-likeness (QED) is 0.943. The van der Waals surface area contributed by atoms with Gasteiger partial charge in [0.2, 0.25) is 0 Å². The van der Waals surface area contributed by atoms with Crippen LogP contribution in [0.25, 0.3) is 0 Å². The lowest BCUT2D eigenvalue weighted by atomic mass is 10.1. The Kier molecular flexibility index (Phi) is 4.28. The minimum absolute atomic E-state index is 0.0359. The Morgan fingerprint density at radius 1 is 1.13 bits per heavy atom. The number of anilines is 1. The Balaban J connectivity index is 1.68. The Bertz CT molecular complexity index is 698. The number of rotatable bonds is 4. The third-order valence-electron chi connectivity index (χ3n) is 3.89. The van der Waals surface area contributed by atoms with Gasteiger partial charge in [-0.25, -0.2) is 4.79 Å². The van der Waals surface area contributed by atoms with Gasteiger partial charge in [-0.15, -0.1) is 0 Å². The topological polar surface area (TPSA) is 52.7 Å². The first-order valence-corrected chi connectivity index (χ1v) is 7.60. The summed E-state index contributed by atoms with van der Waals surface area (Å²) in [7, 11) is 1.79. The van der Waals surface area contributed by atoms with Crippen molar-refractivity contribution in [2.75, 3.05) is 25.0 Å². The van der Waals surface area contributed by atoms with Crippen LogP contribution in [0.1, 0.15) is 15.9 Å². The molecule has 0 unspecified atom stereocenters. The lowest BCUT2D eigenvalue weighted by Gasteiger charge is -2.18. The van der Waals surface area contributed by atoms with Crippen molar-refractivity contribution < 1.29 is 9.59 Å². The number of nitrogens with one attached hydrogen (secondary N) is 1. The van der Waals surface area contributed by atoms with Crippen molar-refractivity contribution in [1.29, 1.82) is 0 Å². The van der Waals surface area contributed by atoms with Crippen molar-refractivity contribution in [3.63, 3.8) is 0 Å². The maximum Gasteiger partial charge on any atom is 0.321 e. The maximum absolute atomic E-state index is 12.5. The second-order valence-electron chi connectivity index (χ2n) is 5.58. The number of carbonyl (C=O) groups is 2. The molecule has 0 radical (unpaired) electrons. The molecule has 1 aliphatic heterocycles. The minimum Gasteiger partial charge on any atom is -0.337 e. The summed E-state index contributed by atoms with van der Waals surface area (Å²) in [5, 5.41) is 2.76. The summed E-state index contributed by atoms with van der Waals surface area (Å²) in [4.78, 5) is 27.5. The van der Waals surface area contributed by atoms with Crippen molar-refractivity contribution in [3.8, 4) is 0 Å². The van der Waals surface area contributed by atoms with Crippen molar-refractivity contribution in [2.24, 2.45) is 0 Å². The highest BCUT2D eigenvalue weighted by Gasteiger charge is 2.21. The van der Waals surface area contributed by atoms with Gasteiger partial charge in [-0.3, -0.25) is 9.69 Å². The zero-order valence-corrected chi connectivity index (χ0v) is 13.0. The summed E-state index contributed by atoms with van der Waals surface area (Å²) in [6.45, 7) is 1.87. The highest BCUT2D eigenvalue weighted by molar-refractivity contribution is 5.96. The number of amides is 3. The average molecular weight is 309 g/mol. The number of urea groups is 1. The maximum atomic E-state index is 12.5. The Labute approximate surface area is 135 Å². The van der Waals surface area contributed by atoms with E-state index in [1.54, 1.807) is 29.0 Å². The van der Waals surface area contributed by atoms with Gasteiger partial charge in [0.15, 0.2) is 0 Å². The normalized spacial score (nSPS) is 13.8. The number of hydrogen-bond donors (Lipinski definition) is 1. The summed E-state index contributed by atoms with van der Waals surface area (Å²) >= 11 is 0. The van der Waals surface area contributed by atoms with Crippen LogP contribution in [0.2, 0.25) is 0 Å². The molecule has 1 aliphatic rings. The van der Waals surface area contributed by atoms with E-state index in [-0.39, 0.29) is 11.9 Å². The number of carbonyl (C=O) groups excluding carboxylic acids is 2. The Morgan fingerprint density at radius 3 is 2.43 bits per heavy atom. The monoisotopic (exact) mass is 309 g/mol. The van der Waals surface area contributed by atoms with Crippen LogP contribution in [-0.2, 0) is 6.54 Å². The van der Waals surface area contributed by atoms with Gasteiger partial charge in [0, 0.05) is 37.9 Å². The smallest absolute Gasteiger partial charge is 0.321 e. The van der Waals surface area contributed by atoms with Crippen LogP contribution in [0.4, 0.5) is 10.5 Å². The number of hydrogen-bond acceptors (Lipinski definition) is 2. The van der Waals surface area contributed by atoms with E-state index < -0.39 is 0 Å². The molecule has 1 fully saturated rings. The molecule has 1 N–H and O–H groups in total. The average Bonchev–Trinajstić information content (AvgIpc) is 3.01. The molecule has 2 aromatic carbocycles. The van der Waals surface area contributed by atoms with Crippen molar-refractivity contribution in [1.82, 2.24) is 10.2 Å². The molecule has 0 saturated carbocycles. The van der Waals surface area contributed by atoms with Crippen LogP contribution in [0.15, 0.2) is 54.6 Å². The van der Waals surface area contributed by atoms with Crippen LogP contribution in [0.3, 0.4) is 0 Å². The third kappa shape index (κ3) is 3.34. The van der Waals surface area contributed by atoms with E-state index in [4.69, 9.17) is 0 Å². The summed E-state index contributed by atoms with van der Waals surface area (Å²) in [5.74, 6) is -0.0359. The summed E-state index contributed by atoms with van der Waals surface area (Å²) < 4.78 is 0. The molecule has 5 nitrogen and oxygen atoms in total. The van der Waals surface area contributed by atoms with Gasteiger partial charge < -0.3 is 10.2 Å². The van der Waals surface area contributed by atoms with Gasteiger partial charge in [0.05, 0.1) is 0 Å². The van der Waals surface area contributed by atoms with Gasteiger partial charge in [0.1, 0.15) is 0 Å². The van der Waals surface area contributed by atoms with Gasteiger partial charge in [-0.05, 0) is 29.8 Å². The van der Waals surface area contributed by atoms with Crippen LogP contribution in [-0.4, -0.2) is 37.0 Å². The summed E-state index contributed by atoms with van der Waals surface area (Å²) in [6.07, 6.45) is 0. The van der Waals surface area contributed by atoms with Gasteiger partial charge in [-0.2, -0.15) is 0 Å². The van der Waals surface area contributed by atoms with Crippen LogP contribution >= 0.6 is 0 Å². The molecular formula is C18H19N3O2. The van der Waals surface area contributed by atoms with E-state index in [0.29, 0.717) is 25.2 Å². The molecule has 0 atom stereocenters. The standard InChI is InChI=1S/C18H19N3O2/c1-20(13-14-5-3-2-4-6-14)17(22)15-7-9-16(10-8-15)21-12-11-19-18(21)23/h2-10H,11-13H2,1H3,(H,19,23). The van der Waals surface area contributed by atoms with E-state index in [1.807, 2.05) is 42.5 Å². The van der Waals surface area contributed by atoms with Crippen molar-refractivity contribution >= 4 is 17.6 Å². The second kappa shape index (κ2) is 6.52. The van der Waals surface area contributed by atoms with Gasteiger partial charge >= 0.3 is 6.03 Å². The predicted molar refractivity (Wildman–Crippen MR) is 89.4 cm³/mol. The van der Waals surface area contributed by atoms with Crippen LogP contribution in [0, 0.1) is 0 Å². The number of benzene rings is 2. The van der Waals surface area contributed by atoms with E-state index >= 15 is 0 Å². The fourth-order valence-electron chi connectivity index (χ4n) is 2.65. The summed E-state index contributed by atoms with van der Waals surface area (Å²) in [5.41, 5.74) is 2.52. The zero-order valence-electron chi connectivity index (χ0n) is 13.0. The van der Waals surface area contributed by atoms with Crippen molar-refractivity contribution in [3.05, 3.63) is 65.7 Å². The molecular weight excluding hydrogens is 290 g/mol. The molecule has 1 heterocycles. The predicted octanol–water partition coefficient (Wildman–Crippen LogP) is 2.49. The van der Waals surface area contributed by atoms with E-state index in [9.17, 15) is 9.59 Å². The van der Waals surface area contributed by atoms with E-state index in [0.717, 1.165) is 11.3 Å².